The first-order valence-corrected chi connectivity index (χ1v) is 43.5. The maximum Gasteiger partial charge on any atom is 0.433 e. The second-order valence-electron chi connectivity index (χ2n) is 31.6. The minimum atomic E-state index is -4.59. The Morgan fingerprint density at radius 2 is 0.584 bits per heavy atom. The van der Waals surface area contributed by atoms with Crippen molar-refractivity contribution in [1.82, 2.24) is 77.4 Å². The van der Waals surface area contributed by atoms with Crippen molar-refractivity contribution < 1.29 is 84.8 Å². The van der Waals surface area contributed by atoms with Gasteiger partial charge in [0.1, 0.15) is 114 Å². The van der Waals surface area contributed by atoms with Crippen LogP contribution in [0.2, 0.25) is 20.5 Å². The average molecular weight is 1990 g/mol. The first kappa shape index (κ1) is 101. The lowest BCUT2D eigenvalue weighted by Gasteiger charge is -2.24. The largest absolute Gasteiger partial charge is 0.493 e. The Hall–Kier alpha value is -13.5. The van der Waals surface area contributed by atoms with Crippen LogP contribution < -0.4 is 41.9 Å². The normalized spacial score (nSPS) is 12.9. The topological polar surface area (TPSA) is 313 Å². The van der Waals surface area contributed by atoms with E-state index in [4.69, 9.17) is 88.3 Å². The maximum atomic E-state index is 15.2. The van der Waals surface area contributed by atoms with Gasteiger partial charge in [-0.25, -0.2) is 53.0 Å². The summed E-state index contributed by atoms with van der Waals surface area (Å²) in [6.07, 6.45) is -1.41. The van der Waals surface area contributed by atoms with Crippen LogP contribution in [0.15, 0.2) is 147 Å². The van der Waals surface area contributed by atoms with E-state index in [0.717, 1.165) is 42.9 Å². The van der Waals surface area contributed by atoms with E-state index in [-0.39, 0.29) is 74.8 Å². The molecule has 24 nitrogen and oxygen atoms in total. The number of rotatable bonds is 20. The summed E-state index contributed by atoms with van der Waals surface area (Å²) >= 11 is 25.5. The molecule has 0 amide bonds. The number of alkyl halides is 12. The van der Waals surface area contributed by atoms with E-state index in [9.17, 15) is 52.7 Å². The fraction of sp³-hybridized carbons (Fsp3) is 0.277. The van der Waals surface area contributed by atoms with Gasteiger partial charge in [0.15, 0.2) is 32.9 Å². The van der Waals surface area contributed by atoms with Gasteiger partial charge < -0.3 is 41.9 Å². The zero-order valence-electron chi connectivity index (χ0n) is 75.1. The molecule has 0 aliphatic carbocycles. The molecule has 0 saturated carbocycles. The van der Waals surface area contributed by atoms with Crippen LogP contribution in [0.4, 0.5) is 89.1 Å². The average Bonchev–Trinajstić information content (AvgIpc) is 1.73. The summed E-state index contributed by atoms with van der Waals surface area (Å²) in [6, 6.07) is 14.5. The second kappa shape index (κ2) is 40.0. The molecule has 4 unspecified atom stereocenters. The molecular weight excluding hydrogens is 1900 g/mol. The Balaban J connectivity index is 0.000000154. The highest BCUT2D eigenvalue weighted by molar-refractivity contribution is 6.34. The van der Waals surface area contributed by atoms with Crippen molar-refractivity contribution in [2.45, 2.75) is 151 Å². The lowest BCUT2D eigenvalue weighted by molar-refractivity contribution is -0.141. The van der Waals surface area contributed by atoms with Crippen LogP contribution in [0.1, 0.15) is 182 Å². The number of aryl methyl sites for hydroxylation is 1. The number of fused-ring (bicyclic) bond motifs is 4. The van der Waals surface area contributed by atoms with Gasteiger partial charge in [-0.05, 0) is 140 Å². The molecule has 0 aliphatic heterocycles. The standard InChI is InChI=1S/C24H22ClF4N5O.C24H23F4N5O.C23H20Cl2F3N5O.C23H20ClF4N5O/c1-11(2)35-20-15(12(3)23-33-21(25)19-22(30)31-7-8-34(19)23)9-16(26)13(4)18(20)14-5-6-17(32-10-14)24(27,28)29;1-5-34-21-16(12(2)23-32-14(4)20-22(29)30-8-9-33(20)23)10-17(25)13(3)19(21)15-6-7-18(31-11-15)24(26,27)28;1-4-34-19-14(11(2)22-32-20(25)18-21(29)30-7-8-33(18)22)9-15(24)12(3)17(19)13-5-6-16(31-10-13)23(26,27)28;1-4-34-19-14(11(2)22-32-20(24)18-21(29)30-7-8-33(18)22)9-15(25)12(3)17(19)13-5-6-16(31-10-13)23(26,27)28/h5-12H,1-4H3,(H2,30,31);6-12H,5H2,1-4H3,(H2,29,30);2*5-11H,4H2,1-3H3,(H2,29,30). The van der Waals surface area contributed by atoms with Crippen molar-refractivity contribution >= 4 is 91.7 Å². The molecule has 0 saturated heterocycles. The van der Waals surface area contributed by atoms with E-state index in [1.54, 1.807) is 116 Å². The molecule has 0 aliphatic rings. The van der Waals surface area contributed by atoms with Crippen LogP contribution >= 0.6 is 46.4 Å². The van der Waals surface area contributed by atoms with E-state index in [0.29, 0.717) is 164 Å². The maximum absolute atomic E-state index is 15.2. The lowest BCUT2D eigenvalue weighted by atomic mass is 9.90. The van der Waals surface area contributed by atoms with Crippen molar-refractivity contribution in [3.05, 3.63) is 281 Å². The van der Waals surface area contributed by atoms with E-state index >= 15 is 13.2 Å². The Bertz CT molecular complexity index is 6700. The molecule has 43 heteroatoms. The zero-order chi connectivity index (χ0) is 100. The molecule has 718 valence electrons. The molecular formula is C94H85Cl4F15N20O4. The number of imidazole rings is 4. The van der Waals surface area contributed by atoms with Crippen molar-refractivity contribution in [2.75, 3.05) is 42.8 Å². The molecule has 16 aromatic rings. The fourth-order valence-corrected chi connectivity index (χ4v) is 17.0. The number of aromatic nitrogens is 16. The Morgan fingerprint density at radius 1 is 0.336 bits per heavy atom. The first-order chi connectivity index (χ1) is 64.5. The number of ether oxygens (including phenoxy) is 4. The van der Waals surface area contributed by atoms with E-state index in [1.165, 1.54) is 74.9 Å². The molecule has 16 rings (SSSR count). The number of pyridine rings is 4. The summed E-state index contributed by atoms with van der Waals surface area (Å²) in [5, 5.41) is 0.915. The predicted molar refractivity (Wildman–Crippen MR) is 491 cm³/mol. The van der Waals surface area contributed by atoms with Gasteiger partial charge in [0.2, 0.25) is 0 Å². The highest BCUT2D eigenvalue weighted by Crippen LogP contribution is 2.51. The summed E-state index contributed by atoms with van der Waals surface area (Å²) in [5.41, 5.74) is 28.8. The van der Waals surface area contributed by atoms with E-state index in [2.05, 4.69) is 59.8 Å². The van der Waals surface area contributed by atoms with Gasteiger partial charge in [-0.1, -0.05) is 98.4 Å². The van der Waals surface area contributed by atoms with E-state index < -0.39 is 82.7 Å². The van der Waals surface area contributed by atoms with Crippen molar-refractivity contribution in [3.8, 4) is 67.5 Å². The Kier molecular flexibility index (Phi) is 29.5. The summed E-state index contributed by atoms with van der Waals surface area (Å²) in [7, 11) is 0. The third-order valence-corrected chi connectivity index (χ3v) is 23.7. The van der Waals surface area contributed by atoms with Crippen LogP contribution in [0, 0.1) is 52.1 Å². The summed E-state index contributed by atoms with van der Waals surface area (Å²) in [4.78, 5) is 48.4. The van der Waals surface area contributed by atoms with Gasteiger partial charge in [-0.3, -0.25) is 37.5 Å². The van der Waals surface area contributed by atoms with Crippen molar-refractivity contribution in [1.29, 1.82) is 0 Å². The van der Waals surface area contributed by atoms with Crippen LogP contribution in [0.3, 0.4) is 0 Å². The summed E-state index contributed by atoms with van der Waals surface area (Å²) in [6.45, 7) is 25.4. The molecule has 0 bridgehead atoms. The highest BCUT2D eigenvalue weighted by Gasteiger charge is 2.39. The molecule has 0 radical (unpaired) electrons. The molecule has 12 heterocycles. The number of hydrogen-bond acceptors (Lipinski definition) is 20. The Labute approximate surface area is 792 Å². The molecule has 4 aromatic carbocycles. The predicted octanol–water partition coefficient (Wildman–Crippen LogP) is 24.7. The Morgan fingerprint density at radius 3 is 0.847 bits per heavy atom. The summed E-state index contributed by atoms with van der Waals surface area (Å²) in [5.74, 6) is 1.04. The lowest BCUT2D eigenvalue weighted by Crippen LogP contribution is -2.13. The van der Waals surface area contributed by atoms with Crippen LogP contribution in [0.25, 0.3) is 66.6 Å². The van der Waals surface area contributed by atoms with Crippen molar-refractivity contribution in [2.24, 2.45) is 0 Å². The van der Waals surface area contributed by atoms with Gasteiger partial charge >= 0.3 is 24.7 Å². The molecule has 0 fully saturated rings. The molecule has 0 spiro atoms. The molecule has 8 N–H and O–H groups in total. The number of hydrogen-bond donors (Lipinski definition) is 4. The smallest absolute Gasteiger partial charge is 0.433 e. The minimum Gasteiger partial charge on any atom is -0.493 e. The minimum absolute atomic E-state index is 0.142. The van der Waals surface area contributed by atoms with Gasteiger partial charge in [0, 0.05) is 170 Å². The third-order valence-electron chi connectivity index (χ3n) is 22.5. The van der Waals surface area contributed by atoms with Gasteiger partial charge in [0.25, 0.3) is 0 Å². The SMILES string of the molecule is CCOc1c(C(C)c2nc(C)c3c(N)nccn23)cc(F)c(C)c1-c1ccc(C(F)(F)F)nc1.CCOc1c(C(C)c2nc(Cl)c3c(N)nccn23)cc(Cl)c(C)c1-c1ccc(C(F)(F)F)nc1.CCOc1c(C(C)c2nc(Cl)c3c(N)nccn23)cc(F)c(C)c1-c1ccc(C(F)(F)F)nc1.Cc1c(F)cc(C(C)c2nc(Cl)c3c(N)nccn23)c(OC(C)C)c1-c1ccc(C(F)(F)F)nc1. The number of halogens is 19. The van der Waals surface area contributed by atoms with Crippen molar-refractivity contribution in [3.63, 3.8) is 0 Å². The first-order valence-electron chi connectivity index (χ1n) is 42.0. The molecule has 12 aromatic heterocycles. The number of benzene rings is 4. The number of nitrogens with two attached hydrogens (primary N) is 4. The van der Waals surface area contributed by atoms with Crippen LogP contribution in [-0.4, -0.2) is 103 Å². The van der Waals surface area contributed by atoms with E-state index in [1.807, 2.05) is 27.7 Å². The van der Waals surface area contributed by atoms with Gasteiger partial charge in [0.05, 0.1) is 31.6 Å². The summed E-state index contributed by atoms with van der Waals surface area (Å²) < 4.78 is 233. The monoisotopic (exact) mass is 1980 g/mol. The highest BCUT2D eigenvalue weighted by atomic mass is 35.5. The number of anilines is 4. The van der Waals surface area contributed by atoms with Crippen LogP contribution in [-0.2, 0) is 24.7 Å². The van der Waals surface area contributed by atoms with Gasteiger partial charge in [-0.2, -0.15) is 52.7 Å². The molecule has 137 heavy (non-hydrogen) atoms. The zero-order valence-corrected chi connectivity index (χ0v) is 78.2. The second-order valence-corrected chi connectivity index (χ2v) is 33.1. The van der Waals surface area contributed by atoms with Crippen LogP contribution in [0.5, 0.6) is 23.0 Å². The number of nitrogen functional groups attached to an aromatic ring is 4. The molecule has 4 atom stereocenters. The fourth-order valence-electron chi connectivity index (χ4n) is 15.9. The quantitative estimate of drug-likeness (QED) is 0.0515. The van der Waals surface area contributed by atoms with Gasteiger partial charge in [-0.15, -0.1) is 0 Å². The third kappa shape index (κ3) is 20.4. The number of nitrogens with zero attached hydrogens (tertiary/aromatic N) is 16.